The van der Waals surface area contributed by atoms with E-state index in [4.69, 9.17) is 28.2 Å². The summed E-state index contributed by atoms with van der Waals surface area (Å²) in [5, 5.41) is 20.0. The molecular weight excluding hydrogens is 396 g/mol. The van der Waals surface area contributed by atoms with E-state index < -0.39 is 30.3 Å². The number of carbonyl (C=O) groups excluding carboxylic acids is 1. The summed E-state index contributed by atoms with van der Waals surface area (Å²) < 4.78 is 1.71. The van der Waals surface area contributed by atoms with Crippen molar-refractivity contribution in [1.82, 2.24) is 14.7 Å². The maximum atomic E-state index is 12.3. The number of nitrogens with two attached hydrogens (primary N) is 1. The molecule has 0 radical (unpaired) electrons. The van der Waals surface area contributed by atoms with E-state index in [0.717, 1.165) is 11.1 Å². The molecule has 29 heavy (non-hydrogen) atoms. The fourth-order valence-electron chi connectivity index (χ4n) is 2.68. The van der Waals surface area contributed by atoms with Crippen molar-refractivity contribution in [2.24, 2.45) is 5.73 Å². The van der Waals surface area contributed by atoms with Crippen LogP contribution in [0.1, 0.15) is 22.3 Å². The smallest absolute Gasteiger partial charge is 0.326 e. The van der Waals surface area contributed by atoms with Gasteiger partial charge in [-0.25, -0.2) is 9.78 Å². The number of hydrogen-bond donors (Lipinski definition) is 4. The van der Waals surface area contributed by atoms with Crippen LogP contribution in [-0.4, -0.2) is 48.5 Å². The number of nitrogens with one attached hydrogen (secondary N) is 1. The second kappa shape index (κ2) is 8.07. The van der Waals surface area contributed by atoms with E-state index in [2.05, 4.69) is 10.3 Å². The molecule has 1 atom stereocenters. The average molecular weight is 412 g/mol. The van der Waals surface area contributed by atoms with Gasteiger partial charge in [0.05, 0.1) is 12.1 Å². The number of thiocarbonyl (C=S) groups is 1. The maximum Gasteiger partial charge on any atom is 0.326 e. The van der Waals surface area contributed by atoms with Crippen molar-refractivity contribution in [2.45, 2.75) is 12.5 Å². The summed E-state index contributed by atoms with van der Waals surface area (Å²) in [4.78, 5) is 39.0. The molecule has 9 nitrogen and oxygen atoms in total. The van der Waals surface area contributed by atoms with Crippen LogP contribution in [0, 0.1) is 0 Å². The molecule has 0 aliphatic rings. The van der Waals surface area contributed by atoms with Gasteiger partial charge < -0.3 is 25.7 Å². The molecule has 0 aliphatic heterocycles. The summed E-state index contributed by atoms with van der Waals surface area (Å²) in [6, 6.07) is 8.68. The molecule has 0 saturated carbocycles. The third-order valence-electron chi connectivity index (χ3n) is 4.17. The number of aliphatic carboxylic acids is 2. The Morgan fingerprint density at radius 3 is 2.41 bits per heavy atom. The lowest BCUT2D eigenvalue weighted by Crippen LogP contribution is -2.42. The minimum Gasteiger partial charge on any atom is -0.481 e. The lowest BCUT2D eigenvalue weighted by molar-refractivity contribution is -0.145. The van der Waals surface area contributed by atoms with E-state index in [0.29, 0.717) is 16.3 Å². The molecule has 2 heterocycles. The number of carboxylic acids is 2. The Hall–Kier alpha value is -3.79. The third-order valence-corrected chi connectivity index (χ3v) is 4.41. The molecule has 2 aromatic heterocycles. The number of pyridine rings is 1. The molecule has 148 valence electrons. The molecule has 3 rings (SSSR count). The molecule has 0 bridgehead atoms. The van der Waals surface area contributed by atoms with E-state index in [9.17, 15) is 14.4 Å². The highest BCUT2D eigenvalue weighted by Gasteiger charge is 2.23. The summed E-state index contributed by atoms with van der Waals surface area (Å²) in [5.41, 5.74) is 8.45. The van der Waals surface area contributed by atoms with E-state index in [-0.39, 0.29) is 5.56 Å². The molecule has 0 unspecified atom stereocenters. The fourth-order valence-corrected chi connectivity index (χ4v) is 2.82. The molecular formula is C19H16N4O5S. The van der Waals surface area contributed by atoms with Gasteiger partial charge in [-0.15, -0.1) is 0 Å². The molecule has 3 aromatic rings. The minimum absolute atomic E-state index is 0.162. The molecule has 5 N–H and O–H groups in total. The normalized spacial score (nSPS) is 11.7. The Morgan fingerprint density at radius 2 is 1.83 bits per heavy atom. The zero-order valence-corrected chi connectivity index (χ0v) is 15.7. The second-order valence-corrected chi connectivity index (χ2v) is 6.65. The standard InChI is InChI=1S/C19H16N4O5S/c20-17(29)11-3-1-10(2-4-11)14-9-23-6-5-12(7-15(23)21-14)18(26)22-13(19(27)28)8-16(24)25/h1-7,9,13H,8H2,(H2,20,29)(H,22,26)(H,24,25)(H,27,28)/t13-/m1/s1. The first-order chi connectivity index (χ1) is 13.7. The highest BCUT2D eigenvalue weighted by Crippen LogP contribution is 2.20. The first kappa shape index (κ1) is 20.0. The van der Waals surface area contributed by atoms with Gasteiger partial charge in [-0.2, -0.15) is 0 Å². The number of rotatable bonds is 7. The first-order valence-electron chi connectivity index (χ1n) is 8.39. The van der Waals surface area contributed by atoms with Gasteiger partial charge in [0, 0.05) is 29.1 Å². The van der Waals surface area contributed by atoms with Gasteiger partial charge in [-0.1, -0.05) is 36.5 Å². The number of carbonyl (C=O) groups is 3. The van der Waals surface area contributed by atoms with Gasteiger partial charge >= 0.3 is 11.9 Å². The summed E-state index contributed by atoms with van der Waals surface area (Å²) >= 11 is 4.93. The molecule has 0 spiro atoms. The fraction of sp³-hybridized carbons (Fsp3) is 0.105. The van der Waals surface area contributed by atoms with Crippen LogP contribution in [0.5, 0.6) is 0 Å². The van der Waals surface area contributed by atoms with Crippen LogP contribution in [0.15, 0.2) is 48.8 Å². The van der Waals surface area contributed by atoms with Gasteiger partial charge in [-0.05, 0) is 12.1 Å². The van der Waals surface area contributed by atoms with Crippen LogP contribution in [-0.2, 0) is 9.59 Å². The van der Waals surface area contributed by atoms with Crippen molar-refractivity contribution in [2.75, 3.05) is 0 Å². The predicted molar refractivity (Wildman–Crippen MR) is 108 cm³/mol. The highest BCUT2D eigenvalue weighted by atomic mass is 32.1. The van der Waals surface area contributed by atoms with E-state index >= 15 is 0 Å². The lowest BCUT2D eigenvalue weighted by Gasteiger charge is -2.12. The van der Waals surface area contributed by atoms with Gasteiger partial charge in [-0.3, -0.25) is 9.59 Å². The van der Waals surface area contributed by atoms with Crippen molar-refractivity contribution in [3.63, 3.8) is 0 Å². The first-order valence-corrected chi connectivity index (χ1v) is 8.80. The van der Waals surface area contributed by atoms with Gasteiger partial charge in [0.1, 0.15) is 16.7 Å². The lowest BCUT2D eigenvalue weighted by atomic mass is 10.1. The van der Waals surface area contributed by atoms with Crippen LogP contribution in [0.4, 0.5) is 0 Å². The minimum atomic E-state index is -1.53. The molecule has 0 fully saturated rings. The van der Waals surface area contributed by atoms with Crippen molar-refractivity contribution in [1.29, 1.82) is 0 Å². The quantitative estimate of drug-likeness (QED) is 0.425. The number of nitrogens with zero attached hydrogens (tertiary/aromatic N) is 2. The number of amides is 1. The maximum absolute atomic E-state index is 12.3. The topological polar surface area (TPSA) is 147 Å². The van der Waals surface area contributed by atoms with Crippen molar-refractivity contribution >= 4 is 40.7 Å². The van der Waals surface area contributed by atoms with Crippen LogP contribution in [0.25, 0.3) is 16.9 Å². The van der Waals surface area contributed by atoms with Crippen molar-refractivity contribution in [3.05, 3.63) is 59.9 Å². The second-order valence-electron chi connectivity index (χ2n) is 6.21. The Balaban J connectivity index is 1.84. The van der Waals surface area contributed by atoms with Crippen LogP contribution >= 0.6 is 12.2 Å². The van der Waals surface area contributed by atoms with Crippen LogP contribution < -0.4 is 11.1 Å². The van der Waals surface area contributed by atoms with Crippen LogP contribution in [0.2, 0.25) is 0 Å². The Kier molecular flexibility index (Phi) is 5.55. The van der Waals surface area contributed by atoms with E-state index in [1.54, 1.807) is 28.9 Å². The Morgan fingerprint density at radius 1 is 1.14 bits per heavy atom. The zero-order valence-electron chi connectivity index (χ0n) is 14.9. The highest BCUT2D eigenvalue weighted by molar-refractivity contribution is 7.80. The molecule has 0 saturated heterocycles. The number of imidazole rings is 1. The van der Waals surface area contributed by atoms with E-state index in [1.807, 2.05) is 12.1 Å². The summed E-state index contributed by atoms with van der Waals surface area (Å²) in [6.07, 6.45) is 2.66. The summed E-state index contributed by atoms with van der Waals surface area (Å²) in [6.45, 7) is 0. The number of hydrogen-bond acceptors (Lipinski definition) is 5. The predicted octanol–water partition coefficient (Wildman–Crippen LogP) is 1.29. The largest absolute Gasteiger partial charge is 0.481 e. The number of carboxylic acid groups (broad SMARTS) is 2. The van der Waals surface area contributed by atoms with E-state index in [1.165, 1.54) is 12.1 Å². The Labute approximate surface area is 169 Å². The van der Waals surface area contributed by atoms with Crippen molar-refractivity contribution < 1.29 is 24.6 Å². The van der Waals surface area contributed by atoms with Gasteiger partial charge in [0.2, 0.25) is 0 Å². The summed E-state index contributed by atoms with van der Waals surface area (Å²) in [7, 11) is 0. The number of benzene rings is 1. The van der Waals surface area contributed by atoms with Crippen molar-refractivity contribution in [3.8, 4) is 11.3 Å². The molecule has 1 aromatic carbocycles. The molecule has 10 heteroatoms. The van der Waals surface area contributed by atoms with Gasteiger partial charge in [0.15, 0.2) is 0 Å². The zero-order chi connectivity index (χ0) is 21.1. The average Bonchev–Trinajstić information content (AvgIpc) is 3.10. The summed E-state index contributed by atoms with van der Waals surface area (Å²) in [5.74, 6) is -3.45. The van der Waals surface area contributed by atoms with Gasteiger partial charge in [0.25, 0.3) is 5.91 Å². The monoisotopic (exact) mass is 412 g/mol. The Bertz CT molecular complexity index is 1120. The SMILES string of the molecule is NC(=S)c1ccc(-c2cn3ccc(C(=O)N[C@H](CC(=O)O)C(=O)O)cc3n2)cc1. The molecule has 1 amide bonds. The molecule has 0 aliphatic carbocycles. The number of aromatic nitrogens is 2. The van der Waals surface area contributed by atoms with Crippen LogP contribution in [0.3, 0.4) is 0 Å². The number of fused-ring (bicyclic) bond motifs is 1. The third kappa shape index (κ3) is 4.55.